The van der Waals surface area contributed by atoms with Crippen molar-refractivity contribution < 1.29 is 23.5 Å². The minimum absolute atomic E-state index is 0.0789. The zero-order valence-corrected chi connectivity index (χ0v) is 13.5. The number of rotatable bonds is 3. The number of carbonyl (C=O) groups is 2. The lowest BCUT2D eigenvalue weighted by Gasteiger charge is -2.23. The molecule has 1 aliphatic rings. The van der Waals surface area contributed by atoms with Crippen molar-refractivity contribution >= 4 is 12.1 Å². The average molecular weight is 322 g/mol. The van der Waals surface area contributed by atoms with Crippen molar-refractivity contribution in [2.75, 3.05) is 6.61 Å². The van der Waals surface area contributed by atoms with Gasteiger partial charge in [-0.1, -0.05) is 6.08 Å². The highest BCUT2D eigenvalue weighted by molar-refractivity contribution is 5.80. The van der Waals surface area contributed by atoms with E-state index in [-0.39, 0.29) is 12.2 Å². The molecule has 0 aromatic rings. The zero-order valence-electron chi connectivity index (χ0n) is 13.5. The molecule has 0 saturated carbocycles. The van der Waals surface area contributed by atoms with E-state index in [1.165, 1.54) is 18.4 Å². The summed E-state index contributed by atoms with van der Waals surface area (Å²) < 4.78 is 24.2. The second kappa shape index (κ2) is 7.58. The maximum atomic E-state index is 14.3. The maximum absolute atomic E-state index is 14.3. The molecule has 1 heterocycles. The molecule has 7 heteroatoms. The molecule has 1 atom stereocenters. The second-order valence-electron chi connectivity index (χ2n) is 5.64. The summed E-state index contributed by atoms with van der Waals surface area (Å²) in [7, 11) is 0. The Kier molecular flexibility index (Phi) is 6.08. The van der Waals surface area contributed by atoms with E-state index in [9.17, 15) is 14.0 Å². The molecule has 0 aliphatic carbocycles. The van der Waals surface area contributed by atoms with Crippen LogP contribution >= 0.6 is 0 Å². The molecule has 124 valence electrons. The largest absolute Gasteiger partial charge is 0.465 e. The fraction of sp³-hybridized carbons (Fsp3) is 0.438. The number of carbonyl (C=O) groups excluding carboxylic acids is 2. The van der Waals surface area contributed by atoms with Gasteiger partial charge in [0.25, 0.3) is 0 Å². The van der Waals surface area contributed by atoms with Crippen LogP contribution < -0.4 is 0 Å². The molecule has 0 saturated heterocycles. The topological polar surface area (TPSA) is 79.6 Å². The van der Waals surface area contributed by atoms with Crippen molar-refractivity contribution in [3.63, 3.8) is 0 Å². The fourth-order valence-electron chi connectivity index (χ4n) is 1.70. The second-order valence-corrected chi connectivity index (χ2v) is 5.64. The van der Waals surface area contributed by atoms with Crippen LogP contribution in [0.15, 0.2) is 36.0 Å². The number of hydrogen-bond donors (Lipinski definition) is 0. The van der Waals surface area contributed by atoms with Gasteiger partial charge in [0.2, 0.25) is 0 Å². The molecule has 0 aromatic heterocycles. The molecule has 1 aliphatic heterocycles. The third-order valence-electron chi connectivity index (χ3n) is 2.62. The molecule has 0 radical (unpaired) electrons. The SMILES string of the molecule is CCOC(=O)C(C#N)C1=CC=CN(C(=O)OC(C)(C)C)C=C1F. The Morgan fingerprint density at radius 2 is 2.09 bits per heavy atom. The van der Waals surface area contributed by atoms with E-state index in [0.717, 1.165) is 11.1 Å². The third kappa shape index (κ3) is 5.25. The van der Waals surface area contributed by atoms with Crippen molar-refractivity contribution in [3.8, 4) is 6.07 Å². The van der Waals surface area contributed by atoms with Gasteiger partial charge in [-0.2, -0.15) is 5.26 Å². The minimum atomic E-state index is -1.41. The Morgan fingerprint density at radius 1 is 1.43 bits per heavy atom. The standard InChI is InChI=1S/C16H19FN2O4/c1-5-22-14(20)12(9-18)11-7-6-8-19(10-13(11)17)15(21)23-16(2,3)4/h6-8,10,12H,5H2,1-4H3. The number of ether oxygens (including phenoxy) is 2. The summed E-state index contributed by atoms with van der Waals surface area (Å²) in [4.78, 5) is 24.6. The lowest BCUT2D eigenvalue weighted by atomic mass is 9.99. The lowest BCUT2D eigenvalue weighted by molar-refractivity contribution is -0.144. The first-order valence-electron chi connectivity index (χ1n) is 7.03. The highest BCUT2D eigenvalue weighted by atomic mass is 19.1. The Hall–Kier alpha value is -2.62. The number of hydrogen-bond acceptors (Lipinski definition) is 5. The van der Waals surface area contributed by atoms with Crippen molar-refractivity contribution in [1.82, 2.24) is 4.90 Å². The molecule has 0 spiro atoms. The van der Waals surface area contributed by atoms with E-state index in [1.54, 1.807) is 33.8 Å². The van der Waals surface area contributed by atoms with Gasteiger partial charge in [-0.15, -0.1) is 0 Å². The number of amides is 1. The van der Waals surface area contributed by atoms with Gasteiger partial charge in [-0.25, -0.2) is 9.18 Å². The van der Waals surface area contributed by atoms with Gasteiger partial charge in [0, 0.05) is 11.8 Å². The molecular formula is C16H19FN2O4. The minimum Gasteiger partial charge on any atom is -0.465 e. The normalized spacial score (nSPS) is 15.7. The van der Waals surface area contributed by atoms with E-state index in [1.807, 2.05) is 0 Å². The first kappa shape index (κ1) is 18.4. The first-order chi connectivity index (χ1) is 10.7. The smallest absolute Gasteiger partial charge is 0.418 e. The first-order valence-corrected chi connectivity index (χ1v) is 7.03. The van der Waals surface area contributed by atoms with E-state index in [4.69, 9.17) is 14.7 Å². The summed E-state index contributed by atoms with van der Waals surface area (Å²) in [5.74, 6) is -3.14. The van der Waals surface area contributed by atoms with Crippen molar-refractivity contribution in [2.45, 2.75) is 33.3 Å². The Labute approximate surface area is 134 Å². The van der Waals surface area contributed by atoms with Crippen LogP contribution in [0.3, 0.4) is 0 Å². The lowest BCUT2D eigenvalue weighted by Crippen LogP contribution is -2.30. The molecule has 1 amide bonds. The van der Waals surface area contributed by atoms with E-state index in [2.05, 4.69) is 0 Å². The number of halogens is 1. The number of esters is 1. The van der Waals surface area contributed by atoms with Crippen LogP contribution in [0.1, 0.15) is 27.7 Å². The van der Waals surface area contributed by atoms with Crippen LogP contribution in [0.5, 0.6) is 0 Å². The van der Waals surface area contributed by atoms with Crippen LogP contribution in [0, 0.1) is 17.2 Å². The number of nitriles is 1. The van der Waals surface area contributed by atoms with Gasteiger partial charge in [0.15, 0.2) is 5.92 Å². The highest BCUT2D eigenvalue weighted by Crippen LogP contribution is 2.25. The molecule has 1 rings (SSSR count). The molecular weight excluding hydrogens is 303 g/mol. The van der Waals surface area contributed by atoms with E-state index in [0.29, 0.717) is 0 Å². The average Bonchev–Trinajstić information content (AvgIpc) is 2.61. The van der Waals surface area contributed by atoms with Crippen LogP contribution in [-0.4, -0.2) is 29.2 Å². The van der Waals surface area contributed by atoms with Gasteiger partial charge in [-0.05, 0) is 33.8 Å². The fourth-order valence-corrected chi connectivity index (χ4v) is 1.70. The van der Waals surface area contributed by atoms with Crippen molar-refractivity contribution in [3.05, 3.63) is 36.0 Å². The predicted molar refractivity (Wildman–Crippen MR) is 80.2 cm³/mol. The van der Waals surface area contributed by atoms with Crippen LogP contribution in [0.4, 0.5) is 9.18 Å². The Morgan fingerprint density at radius 3 is 2.61 bits per heavy atom. The van der Waals surface area contributed by atoms with Gasteiger partial charge in [0.1, 0.15) is 11.4 Å². The quantitative estimate of drug-likeness (QED) is 0.746. The summed E-state index contributed by atoms with van der Waals surface area (Å²) in [5.41, 5.74) is -0.911. The highest BCUT2D eigenvalue weighted by Gasteiger charge is 2.29. The molecule has 0 N–H and O–H groups in total. The van der Waals surface area contributed by atoms with Crippen LogP contribution in [0.2, 0.25) is 0 Å². The summed E-state index contributed by atoms with van der Waals surface area (Å²) in [6.45, 7) is 6.72. The van der Waals surface area contributed by atoms with E-state index < -0.39 is 29.4 Å². The van der Waals surface area contributed by atoms with Crippen LogP contribution in [0.25, 0.3) is 0 Å². The van der Waals surface area contributed by atoms with E-state index >= 15 is 0 Å². The molecule has 6 nitrogen and oxygen atoms in total. The molecule has 0 fully saturated rings. The predicted octanol–water partition coefficient (Wildman–Crippen LogP) is 3.19. The zero-order chi connectivity index (χ0) is 17.6. The number of allylic oxidation sites excluding steroid dienone is 3. The van der Waals surface area contributed by atoms with Gasteiger partial charge < -0.3 is 9.47 Å². The monoisotopic (exact) mass is 322 g/mol. The van der Waals surface area contributed by atoms with Crippen molar-refractivity contribution in [1.29, 1.82) is 5.26 Å². The summed E-state index contributed by atoms with van der Waals surface area (Å²) in [6.07, 6.45) is 3.98. The van der Waals surface area contributed by atoms with Gasteiger partial charge in [0.05, 0.1) is 18.9 Å². The number of nitrogens with zero attached hydrogens (tertiary/aromatic N) is 2. The van der Waals surface area contributed by atoms with Gasteiger partial charge >= 0.3 is 12.1 Å². The maximum Gasteiger partial charge on any atom is 0.418 e. The summed E-state index contributed by atoms with van der Waals surface area (Å²) >= 11 is 0. The van der Waals surface area contributed by atoms with Crippen LogP contribution in [-0.2, 0) is 14.3 Å². The van der Waals surface area contributed by atoms with Crippen molar-refractivity contribution in [2.24, 2.45) is 5.92 Å². The van der Waals surface area contributed by atoms with Gasteiger partial charge in [-0.3, -0.25) is 9.69 Å². The third-order valence-corrected chi connectivity index (χ3v) is 2.62. The Bertz CT molecular complexity index is 609. The molecule has 23 heavy (non-hydrogen) atoms. The molecule has 1 unspecified atom stereocenters. The Balaban J connectivity index is 3.01. The molecule has 0 bridgehead atoms. The summed E-state index contributed by atoms with van der Waals surface area (Å²) in [5, 5.41) is 9.10. The summed E-state index contributed by atoms with van der Waals surface area (Å²) in [6, 6.07) is 1.70. The molecule has 0 aromatic carbocycles.